The largest absolute Gasteiger partial charge is 0.462 e. The van der Waals surface area contributed by atoms with Crippen LogP contribution in [0.25, 0.3) is 10.9 Å². The maximum absolute atomic E-state index is 13.5. The van der Waals surface area contributed by atoms with Crippen molar-refractivity contribution in [2.45, 2.75) is 13.8 Å². The average Bonchev–Trinajstić information content (AvgIpc) is 2.36. The van der Waals surface area contributed by atoms with Gasteiger partial charge in [-0.25, -0.2) is 9.18 Å². The summed E-state index contributed by atoms with van der Waals surface area (Å²) in [4.78, 5) is 26.0. The molecule has 0 spiro atoms. The molecule has 1 aromatic carbocycles. The molecule has 4 nitrogen and oxygen atoms in total. The number of aromatic amines is 1. The molecule has 0 saturated carbocycles. The van der Waals surface area contributed by atoms with Gasteiger partial charge in [-0.15, -0.1) is 0 Å². The van der Waals surface area contributed by atoms with Crippen LogP contribution in [0.1, 0.15) is 23.0 Å². The Morgan fingerprint density at radius 3 is 2.83 bits per heavy atom. The topological polar surface area (TPSA) is 59.2 Å². The van der Waals surface area contributed by atoms with Crippen LogP contribution >= 0.6 is 0 Å². The van der Waals surface area contributed by atoms with Crippen LogP contribution in [-0.2, 0) is 4.74 Å². The molecule has 1 aromatic heterocycles. The first-order valence-corrected chi connectivity index (χ1v) is 5.54. The van der Waals surface area contributed by atoms with Crippen LogP contribution in [0.4, 0.5) is 4.39 Å². The van der Waals surface area contributed by atoms with Crippen molar-refractivity contribution in [3.8, 4) is 0 Å². The van der Waals surface area contributed by atoms with Crippen molar-refractivity contribution in [3.63, 3.8) is 0 Å². The van der Waals surface area contributed by atoms with Gasteiger partial charge in [0.25, 0.3) is 0 Å². The first-order chi connectivity index (χ1) is 8.54. The second-order valence-electron chi connectivity index (χ2n) is 3.87. The number of halogens is 1. The summed E-state index contributed by atoms with van der Waals surface area (Å²) in [6, 6.07) is 4.44. The standard InChI is InChI=1S/C13H12FNO3/c1-3-18-13(17)8-4-5-10-9(6-8)12(16)11(14)7(2)15-10/h4-6H,3H2,1-2H3,(H,15,16). The number of ether oxygens (including phenoxy) is 1. The Labute approximate surface area is 102 Å². The first kappa shape index (κ1) is 12.3. The molecule has 0 radical (unpaired) electrons. The Kier molecular flexibility index (Phi) is 3.14. The highest BCUT2D eigenvalue weighted by Gasteiger charge is 2.12. The molecule has 0 saturated heterocycles. The van der Waals surface area contributed by atoms with Crippen LogP contribution in [0.2, 0.25) is 0 Å². The lowest BCUT2D eigenvalue weighted by atomic mass is 10.1. The van der Waals surface area contributed by atoms with Crippen LogP contribution in [0, 0.1) is 12.7 Å². The summed E-state index contributed by atoms with van der Waals surface area (Å²) in [5, 5.41) is 0.142. The zero-order chi connectivity index (χ0) is 13.3. The molecule has 0 fully saturated rings. The molecular formula is C13H12FNO3. The van der Waals surface area contributed by atoms with Gasteiger partial charge in [0.15, 0.2) is 5.82 Å². The van der Waals surface area contributed by atoms with E-state index in [4.69, 9.17) is 4.74 Å². The number of pyridine rings is 1. The number of rotatable bonds is 2. The van der Waals surface area contributed by atoms with Crippen LogP contribution < -0.4 is 5.43 Å². The van der Waals surface area contributed by atoms with Gasteiger partial charge in [-0.2, -0.15) is 0 Å². The van der Waals surface area contributed by atoms with E-state index >= 15 is 0 Å². The van der Waals surface area contributed by atoms with E-state index in [-0.39, 0.29) is 23.3 Å². The fourth-order valence-corrected chi connectivity index (χ4v) is 1.73. The maximum atomic E-state index is 13.5. The summed E-state index contributed by atoms with van der Waals surface area (Å²) >= 11 is 0. The molecule has 0 aliphatic carbocycles. The Bertz CT molecular complexity index is 676. The Morgan fingerprint density at radius 1 is 1.44 bits per heavy atom. The van der Waals surface area contributed by atoms with Crippen molar-refractivity contribution in [1.82, 2.24) is 4.98 Å². The van der Waals surface area contributed by atoms with Gasteiger partial charge in [0, 0.05) is 10.9 Å². The van der Waals surface area contributed by atoms with Crippen molar-refractivity contribution < 1.29 is 13.9 Å². The Balaban J connectivity index is 2.65. The van der Waals surface area contributed by atoms with Gasteiger partial charge >= 0.3 is 5.97 Å². The number of H-pyrrole nitrogens is 1. The quantitative estimate of drug-likeness (QED) is 0.829. The van der Waals surface area contributed by atoms with Crippen LogP contribution in [0.5, 0.6) is 0 Å². The van der Waals surface area contributed by atoms with Crippen LogP contribution in [-0.4, -0.2) is 17.6 Å². The number of esters is 1. The minimum atomic E-state index is -0.830. The van der Waals surface area contributed by atoms with Crippen molar-refractivity contribution in [2.24, 2.45) is 0 Å². The molecule has 2 aromatic rings. The molecule has 0 unspecified atom stereocenters. The summed E-state index contributed by atoms with van der Waals surface area (Å²) in [7, 11) is 0. The number of fused-ring (bicyclic) bond motifs is 1. The van der Waals surface area contributed by atoms with Crippen LogP contribution in [0.15, 0.2) is 23.0 Å². The van der Waals surface area contributed by atoms with Crippen LogP contribution in [0.3, 0.4) is 0 Å². The lowest BCUT2D eigenvalue weighted by Crippen LogP contribution is -2.12. The highest BCUT2D eigenvalue weighted by molar-refractivity contribution is 5.94. The van der Waals surface area contributed by atoms with E-state index in [0.717, 1.165) is 0 Å². The molecule has 94 valence electrons. The molecule has 0 amide bonds. The monoisotopic (exact) mass is 249 g/mol. The van der Waals surface area contributed by atoms with Gasteiger partial charge in [-0.05, 0) is 32.0 Å². The average molecular weight is 249 g/mol. The summed E-state index contributed by atoms with van der Waals surface area (Å²) in [5.41, 5.74) is 0.189. The number of nitrogens with one attached hydrogen (secondary N) is 1. The van der Waals surface area contributed by atoms with E-state index < -0.39 is 17.2 Å². The number of carbonyl (C=O) groups excluding carboxylic acids is 1. The molecule has 1 heterocycles. The second kappa shape index (κ2) is 4.60. The van der Waals surface area contributed by atoms with Crippen molar-refractivity contribution in [1.29, 1.82) is 0 Å². The molecular weight excluding hydrogens is 237 g/mol. The maximum Gasteiger partial charge on any atom is 0.338 e. The fraction of sp³-hybridized carbons (Fsp3) is 0.231. The van der Waals surface area contributed by atoms with E-state index in [1.165, 1.54) is 19.1 Å². The minimum Gasteiger partial charge on any atom is -0.462 e. The van der Waals surface area contributed by atoms with Gasteiger partial charge in [0.2, 0.25) is 5.43 Å². The first-order valence-electron chi connectivity index (χ1n) is 5.54. The smallest absolute Gasteiger partial charge is 0.338 e. The highest BCUT2D eigenvalue weighted by atomic mass is 19.1. The molecule has 2 rings (SSSR count). The van der Waals surface area contributed by atoms with Gasteiger partial charge in [0.1, 0.15) is 0 Å². The fourth-order valence-electron chi connectivity index (χ4n) is 1.73. The third kappa shape index (κ3) is 1.99. The molecule has 0 bridgehead atoms. The van der Waals surface area contributed by atoms with Gasteiger partial charge in [0.05, 0.1) is 17.9 Å². The third-order valence-corrected chi connectivity index (χ3v) is 2.63. The van der Waals surface area contributed by atoms with E-state index in [1.54, 1.807) is 13.0 Å². The lowest BCUT2D eigenvalue weighted by molar-refractivity contribution is 0.0526. The summed E-state index contributed by atoms with van der Waals surface area (Å²) < 4.78 is 18.3. The molecule has 0 atom stereocenters. The summed E-state index contributed by atoms with van der Waals surface area (Å²) in [6.45, 7) is 3.42. The number of aromatic nitrogens is 1. The third-order valence-electron chi connectivity index (χ3n) is 2.63. The zero-order valence-corrected chi connectivity index (χ0v) is 10.0. The molecule has 18 heavy (non-hydrogen) atoms. The van der Waals surface area contributed by atoms with E-state index in [9.17, 15) is 14.0 Å². The molecule has 0 aliphatic rings. The number of benzene rings is 1. The predicted molar refractivity (Wildman–Crippen MR) is 65.2 cm³/mol. The normalized spacial score (nSPS) is 10.6. The van der Waals surface area contributed by atoms with Gasteiger partial charge in [-0.3, -0.25) is 4.79 Å². The van der Waals surface area contributed by atoms with E-state index in [0.29, 0.717) is 5.52 Å². The number of hydrogen-bond acceptors (Lipinski definition) is 3. The number of aryl methyl sites for hydroxylation is 1. The Morgan fingerprint density at radius 2 is 2.17 bits per heavy atom. The van der Waals surface area contributed by atoms with Gasteiger partial charge in [-0.1, -0.05) is 0 Å². The van der Waals surface area contributed by atoms with Crippen molar-refractivity contribution in [3.05, 3.63) is 45.5 Å². The lowest BCUT2D eigenvalue weighted by Gasteiger charge is -2.05. The summed E-state index contributed by atoms with van der Waals surface area (Å²) in [5.74, 6) is -1.36. The van der Waals surface area contributed by atoms with Crippen molar-refractivity contribution >= 4 is 16.9 Å². The summed E-state index contributed by atoms with van der Waals surface area (Å²) in [6.07, 6.45) is 0. The Hall–Kier alpha value is -2.17. The molecule has 1 N–H and O–H groups in total. The SMILES string of the molecule is CCOC(=O)c1ccc2[nH]c(C)c(F)c(=O)c2c1. The molecule has 0 aliphatic heterocycles. The minimum absolute atomic E-state index is 0.142. The van der Waals surface area contributed by atoms with E-state index in [2.05, 4.69) is 4.98 Å². The van der Waals surface area contributed by atoms with Crippen molar-refractivity contribution in [2.75, 3.05) is 6.61 Å². The van der Waals surface area contributed by atoms with Gasteiger partial charge < -0.3 is 9.72 Å². The molecule has 5 heteroatoms. The second-order valence-corrected chi connectivity index (χ2v) is 3.87. The van der Waals surface area contributed by atoms with E-state index in [1.807, 2.05) is 0 Å². The highest BCUT2D eigenvalue weighted by Crippen LogP contribution is 2.13. The zero-order valence-electron chi connectivity index (χ0n) is 10.0. The number of hydrogen-bond donors (Lipinski definition) is 1. The number of carbonyl (C=O) groups is 1. The predicted octanol–water partition coefficient (Wildman–Crippen LogP) is 2.15.